The summed E-state index contributed by atoms with van der Waals surface area (Å²) in [7, 11) is 0. The number of benzene rings is 1. The summed E-state index contributed by atoms with van der Waals surface area (Å²) >= 11 is 4.85. The maximum Gasteiger partial charge on any atom is 0.238 e. The number of halogens is 1. The van der Waals surface area contributed by atoms with E-state index in [1.165, 1.54) is 18.3 Å². The lowest BCUT2D eigenvalue weighted by Gasteiger charge is -2.25. The number of nitrogens with one attached hydrogen (secondary N) is 2. The molecule has 0 aliphatic carbocycles. The maximum absolute atomic E-state index is 12.2. The first kappa shape index (κ1) is 17.1. The van der Waals surface area contributed by atoms with Crippen LogP contribution in [0.1, 0.15) is 17.5 Å². The van der Waals surface area contributed by atoms with Crippen LogP contribution in [0.2, 0.25) is 0 Å². The smallest absolute Gasteiger partial charge is 0.238 e. The van der Waals surface area contributed by atoms with Crippen molar-refractivity contribution in [2.24, 2.45) is 0 Å². The first-order valence-corrected chi connectivity index (χ1v) is 9.14. The first-order chi connectivity index (χ1) is 11.5. The Morgan fingerprint density at radius 2 is 2.04 bits per heavy atom. The quantitative estimate of drug-likeness (QED) is 0.815. The van der Waals surface area contributed by atoms with Crippen molar-refractivity contribution < 1.29 is 9.59 Å². The lowest BCUT2D eigenvalue weighted by Crippen LogP contribution is -2.36. The van der Waals surface area contributed by atoms with Crippen LogP contribution in [0.3, 0.4) is 0 Å². The molecular weight excluding hydrogens is 392 g/mol. The van der Waals surface area contributed by atoms with Gasteiger partial charge in [0.1, 0.15) is 0 Å². The highest BCUT2D eigenvalue weighted by atomic mass is 79.9. The Balaban J connectivity index is 1.57. The molecule has 0 saturated carbocycles. The minimum Gasteiger partial charge on any atom is -0.325 e. The molecule has 1 aromatic carbocycles. The van der Waals surface area contributed by atoms with Gasteiger partial charge in [-0.3, -0.25) is 14.5 Å². The molecule has 0 saturated heterocycles. The number of anilines is 2. The predicted molar refractivity (Wildman–Crippen MR) is 98.2 cm³/mol. The Labute approximate surface area is 152 Å². The molecule has 6 nitrogen and oxygen atoms in total. The number of nitrogens with zero attached hydrogens (tertiary/aromatic N) is 2. The summed E-state index contributed by atoms with van der Waals surface area (Å²) in [5.74, 6) is -0.154. The lowest BCUT2D eigenvalue weighted by atomic mass is 10.2. The van der Waals surface area contributed by atoms with Crippen LogP contribution in [-0.4, -0.2) is 34.8 Å². The molecule has 0 bridgehead atoms. The van der Waals surface area contributed by atoms with Crippen molar-refractivity contribution >= 4 is 49.9 Å². The summed E-state index contributed by atoms with van der Waals surface area (Å²) in [4.78, 5) is 31.0. The third-order valence-corrected chi connectivity index (χ3v) is 5.11. The topological polar surface area (TPSA) is 74.3 Å². The Hall–Kier alpha value is -1.77. The molecule has 1 aliphatic rings. The molecule has 0 unspecified atom stereocenters. The van der Waals surface area contributed by atoms with E-state index in [4.69, 9.17) is 0 Å². The van der Waals surface area contributed by atoms with Gasteiger partial charge in [-0.05, 0) is 24.3 Å². The van der Waals surface area contributed by atoms with Crippen LogP contribution in [0.5, 0.6) is 0 Å². The van der Waals surface area contributed by atoms with E-state index in [1.807, 2.05) is 24.3 Å². The fraction of sp³-hybridized carbons (Fsp3) is 0.312. The molecule has 0 spiro atoms. The van der Waals surface area contributed by atoms with Gasteiger partial charge in [0.25, 0.3) is 0 Å². The van der Waals surface area contributed by atoms with Gasteiger partial charge in [-0.2, -0.15) is 0 Å². The summed E-state index contributed by atoms with van der Waals surface area (Å²) in [5.41, 5.74) is 1.81. The van der Waals surface area contributed by atoms with Crippen LogP contribution in [0.25, 0.3) is 0 Å². The fourth-order valence-electron chi connectivity index (χ4n) is 2.52. The molecule has 8 heteroatoms. The molecule has 126 valence electrons. The van der Waals surface area contributed by atoms with Crippen molar-refractivity contribution in [2.45, 2.75) is 19.9 Å². The van der Waals surface area contributed by atoms with Crippen LogP contribution < -0.4 is 10.6 Å². The lowest BCUT2D eigenvalue weighted by molar-refractivity contribution is -0.117. The molecule has 3 rings (SSSR count). The normalized spacial score (nSPS) is 14.1. The molecule has 24 heavy (non-hydrogen) atoms. The number of thiazole rings is 1. The minimum absolute atomic E-state index is 0.0348. The predicted octanol–water partition coefficient (Wildman–Crippen LogP) is 2.86. The molecule has 0 radical (unpaired) electrons. The SMILES string of the molecule is CC(=O)Nc1nc2c(s1)CN(CC(=O)Nc1ccc(Br)cc1)CC2. The van der Waals surface area contributed by atoms with E-state index in [1.54, 1.807) is 0 Å². The standard InChI is InChI=1S/C16H17BrN4O2S/c1-10(22)18-16-20-13-6-7-21(8-14(13)24-16)9-15(23)19-12-4-2-11(17)3-5-12/h2-5H,6-9H2,1H3,(H,19,23)(H,18,20,22). The second kappa shape index (κ2) is 7.42. The zero-order valence-corrected chi connectivity index (χ0v) is 15.5. The number of carbonyl (C=O) groups excluding carboxylic acids is 2. The van der Waals surface area contributed by atoms with Gasteiger partial charge < -0.3 is 10.6 Å². The summed E-state index contributed by atoms with van der Waals surface area (Å²) in [5, 5.41) is 6.26. The summed E-state index contributed by atoms with van der Waals surface area (Å²) in [6, 6.07) is 7.51. The van der Waals surface area contributed by atoms with Crippen molar-refractivity contribution in [1.82, 2.24) is 9.88 Å². The van der Waals surface area contributed by atoms with Gasteiger partial charge in [-0.1, -0.05) is 15.9 Å². The van der Waals surface area contributed by atoms with Gasteiger partial charge in [-0.15, -0.1) is 11.3 Å². The molecule has 1 aliphatic heterocycles. The maximum atomic E-state index is 12.2. The van der Waals surface area contributed by atoms with E-state index in [0.29, 0.717) is 18.2 Å². The molecule has 0 atom stereocenters. The van der Waals surface area contributed by atoms with E-state index in [9.17, 15) is 9.59 Å². The number of amides is 2. The van der Waals surface area contributed by atoms with Gasteiger partial charge in [0, 0.05) is 41.5 Å². The van der Waals surface area contributed by atoms with Gasteiger partial charge in [0.2, 0.25) is 11.8 Å². The zero-order chi connectivity index (χ0) is 17.1. The molecule has 2 aromatic rings. The number of fused-ring (bicyclic) bond motifs is 1. The number of hydrogen-bond acceptors (Lipinski definition) is 5. The number of carbonyl (C=O) groups is 2. The van der Waals surface area contributed by atoms with E-state index in [0.717, 1.165) is 33.7 Å². The van der Waals surface area contributed by atoms with Crippen LogP contribution in [0, 0.1) is 0 Å². The average Bonchev–Trinajstić information content (AvgIpc) is 2.90. The summed E-state index contributed by atoms with van der Waals surface area (Å²) < 4.78 is 0.976. The van der Waals surface area contributed by atoms with Gasteiger partial charge >= 0.3 is 0 Å². The minimum atomic E-state index is -0.119. The zero-order valence-electron chi connectivity index (χ0n) is 13.1. The highest BCUT2D eigenvalue weighted by molar-refractivity contribution is 9.10. The molecule has 0 fully saturated rings. The summed E-state index contributed by atoms with van der Waals surface area (Å²) in [6.07, 6.45) is 0.789. The Morgan fingerprint density at radius 3 is 2.75 bits per heavy atom. The van der Waals surface area contributed by atoms with Crippen LogP contribution in [0.15, 0.2) is 28.7 Å². The summed E-state index contributed by atoms with van der Waals surface area (Å²) in [6.45, 7) is 3.27. The second-order valence-electron chi connectivity index (χ2n) is 5.59. The molecular formula is C16H17BrN4O2S. The third-order valence-electron chi connectivity index (χ3n) is 3.59. The van der Waals surface area contributed by atoms with Crippen LogP contribution in [0.4, 0.5) is 10.8 Å². The largest absolute Gasteiger partial charge is 0.325 e. The monoisotopic (exact) mass is 408 g/mol. The van der Waals surface area contributed by atoms with Crippen molar-refractivity contribution in [3.63, 3.8) is 0 Å². The van der Waals surface area contributed by atoms with Crippen molar-refractivity contribution in [3.05, 3.63) is 39.3 Å². The Kier molecular flexibility index (Phi) is 5.27. The first-order valence-electron chi connectivity index (χ1n) is 7.53. The van der Waals surface area contributed by atoms with Crippen LogP contribution in [-0.2, 0) is 22.6 Å². The van der Waals surface area contributed by atoms with Gasteiger partial charge in [0.15, 0.2) is 5.13 Å². The molecule has 2 amide bonds. The van der Waals surface area contributed by atoms with E-state index >= 15 is 0 Å². The molecule has 2 heterocycles. The molecule has 2 N–H and O–H groups in total. The van der Waals surface area contributed by atoms with E-state index in [2.05, 4.69) is 36.4 Å². The highest BCUT2D eigenvalue weighted by Crippen LogP contribution is 2.28. The number of aromatic nitrogens is 1. The van der Waals surface area contributed by atoms with Crippen LogP contribution >= 0.6 is 27.3 Å². The van der Waals surface area contributed by atoms with Crippen molar-refractivity contribution in [2.75, 3.05) is 23.7 Å². The number of hydrogen-bond donors (Lipinski definition) is 2. The Bertz CT molecular complexity index is 760. The third kappa shape index (κ3) is 4.40. The van der Waals surface area contributed by atoms with E-state index < -0.39 is 0 Å². The number of rotatable bonds is 4. The van der Waals surface area contributed by atoms with Crippen molar-refractivity contribution in [3.8, 4) is 0 Å². The molecule has 1 aromatic heterocycles. The highest BCUT2D eigenvalue weighted by Gasteiger charge is 2.22. The van der Waals surface area contributed by atoms with Crippen molar-refractivity contribution in [1.29, 1.82) is 0 Å². The van der Waals surface area contributed by atoms with Gasteiger partial charge in [0.05, 0.1) is 12.2 Å². The Morgan fingerprint density at radius 1 is 1.29 bits per heavy atom. The second-order valence-corrected chi connectivity index (χ2v) is 7.59. The average molecular weight is 409 g/mol. The fourth-order valence-corrected chi connectivity index (χ4v) is 3.89. The van der Waals surface area contributed by atoms with Gasteiger partial charge in [-0.25, -0.2) is 4.98 Å². The van der Waals surface area contributed by atoms with E-state index in [-0.39, 0.29) is 11.8 Å².